The number of rotatable bonds is 7. The number of aromatic amines is 2. The highest BCUT2D eigenvalue weighted by atomic mass is 35.5. The molecule has 6 rings (SSSR count). The van der Waals surface area contributed by atoms with Gasteiger partial charge in [0.05, 0.1) is 53.5 Å². The minimum Gasteiger partial charge on any atom is -0.324 e. The summed E-state index contributed by atoms with van der Waals surface area (Å²) in [5.41, 5.74) is 5.26. The highest BCUT2D eigenvalue weighted by Crippen LogP contribution is 2.39. The summed E-state index contributed by atoms with van der Waals surface area (Å²) in [7, 11) is 0. The Hall–Kier alpha value is -3.68. The predicted octanol–water partition coefficient (Wildman–Crippen LogP) is 10.6. The molecule has 0 radical (unpaired) electrons. The van der Waals surface area contributed by atoms with Crippen molar-refractivity contribution in [1.82, 2.24) is 19.9 Å². The summed E-state index contributed by atoms with van der Waals surface area (Å²) in [6.45, 7) is 8.49. The van der Waals surface area contributed by atoms with Crippen LogP contribution in [-0.2, 0) is 0 Å². The number of benzene rings is 4. The van der Waals surface area contributed by atoms with Crippen molar-refractivity contribution in [2.75, 3.05) is 16.3 Å². The predicted molar refractivity (Wildman–Crippen MR) is 180 cm³/mol. The second-order valence-electron chi connectivity index (χ2n) is 9.66. The maximum absolute atomic E-state index is 6.35. The molecule has 10 heteroatoms. The molecular weight excluding hydrogens is 610 g/mol. The van der Waals surface area contributed by atoms with Gasteiger partial charge in [0.25, 0.3) is 0 Å². The van der Waals surface area contributed by atoms with E-state index in [-0.39, 0.29) is 6.04 Å². The first-order valence-electron chi connectivity index (χ1n) is 13.2. The number of nitrogens with zero attached hydrogens (tertiary/aromatic N) is 4. The standard InChI is InChI=1S/C16H15Cl2N3.C16H13Cl2N3/c1-10(2)21(15-11(17)6-5-7-12(15)18)16-19-13-8-3-4-9-14(13)20-16;1-2-10-21(15-11(17)6-5-7-12(15)18)16-19-13-8-3-4-9-14(13)20-16/h3-10H,1-2H3,(H,19,20);2-9H,1,10H2,(H,19,20). The van der Waals surface area contributed by atoms with Crippen LogP contribution >= 0.6 is 46.4 Å². The monoisotopic (exact) mass is 636 g/mol. The van der Waals surface area contributed by atoms with Gasteiger partial charge in [0.2, 0.25) is 11.9 Å². The third-order valence-electron chi connectivity index (χ3n) is 6.45. The number of aromatic nitrogens is 4. The molecule has 2 aromatic heterocycles. The molecule has 0 fully saturated rings. The van der Waals surface area contributed by atoms with Gasteiger partial charge >= 0.3 is 0 Å². The van der Waals surface area contributed by atoms with Gasteiger partial charge in [0.15, 0.2) is 0 Å². The topological polar surface area (TPSA) is 63.8 Å². The number of hydrogen-bond donors (Lipinski definition) is 2. The molecule has 42 heavy (non-hydrogen) atoms. The first-order valence-corrected chi connectivity index (χ1v) is 14.7. The van der Waals surface area contributed by atoms with E-state index in [0.717, 1.165) is 39.4 Å². The first kappa shape index (κ1) is 29.8. The summed E-state index contributed by atoms with van der Waals surface area (Å²) in [6.07, 6.45) is 1.78. The van der Waals surface area contributed by atoms with Crippen molar-refractivity contribution in [2.24, 2.45) is 0 Å². The Morgan fingerprint density at radius 3 is 1.60 bits per heavy atom. The zero-order valence-corrected chi connectivity index (χ0v) is 26.0. The fourth-order valence-corrected chi connectivity index (χ4v) is 5.79. The van der Waals surface area contributed by atoms with Crippen LogP contribution in [0.2, 0.25) is 20.1 Å². The van der Waals surface area contributed by atoms with E-state index in [2.05, 4.69) is 40.4 Å². The molecule has 0 aliphatic heterocycles. The molecule has 0 amide bonds. The Kier molecular flexibility index (Phi) is 9.29. The quantitative estimate of drug-likeness (QED) is 0.171. The lowest BCUT2D eigenvalue weighted by Crippen LogP contribution is -2.27. The lowest BCUT2D eigenvalue weighted by Gasteiger charge is -2.28. The number of imidazole rings is 2. The fraction of sp³-hybridized carbons (Fsp3) is 0.125. The molecule has 4 aromatic carbocycles. The van der Waals surface area contributed by atoms with Gasteiger partial charge in [-0.15, -0.1) is 6.58 Å². The summed E-state index contributed by atoms with van der Waals surface area (Å²) in [5, 5.41) is 2.36. The van der Waals surface area contributed by atoms with Gasteiger partial charge in [-0.3, -0.25) is 0 Å². The maximum Gasteiger partial charge on any atom is 0.208 e. The Morgan fingerprint density at radius 2 is 1.12 bits per heavy atom. The average molecular weight is 638 g/mol. The van der Waals surface area contributed by atoms with Crippen LogP contribution in [0.5, 0.6) is 0 Å². The van der Waals surface area contributed by atoms with Crippen molar-refractivity contribution in [3.63, 3.8) is 0 Å². The summed E-state index contributed by atoms with van der Waals surface area (Å²) in [4.78, 5) is 19.8. The smallest absolute Gasteiger partial charge is 0.208 e. The molecule has 0 aliphatic rings. The molecule has 214 valence electrons. The normalized spacial score (nSPS) is 11.0. The van der Waals surface area contributed by atoms with Crippen molar-refractivity contribution in [3.05, 3.63) is 118 Å². The van der Waals surface area contributed by atoms with Crippen LogP contribution in [0.1, 0.15) is 13.8 Å². The number of halogens is 4. The summed E-state index contributed by atoms with van der Waals surface area (Å²) in [5.74, 6) is 1.42. The molecule has 6 nitrogen and oxygen atoms in total. The number of H-pyrrole nitrogens is 2. The van der Waals surface area contributed by atoms with Crippen LogP contribution in [0.4, 0.5) is 23.3 Å². The second kappa shape index (κ2) is 13.1. The third-order valence-corrected chi connectivity index (χ3v) is 7.67. The van der Waals surface area contributed by atoms with Crippen LogP contribution in [-0.4, -0.2) is 32.5 Å². The van der Waals surface area contributed by atoms with E-state index in [1.54, 1.807) is 6.08 Å². The molecule has 0 spiro atoms. The average Bonchev–Trinajstić information content (AvgIpc) is 3.59. The highest BCUT2D eigenvalue weighted by Gasteiger charge is 2.22. The fourth-order valence-electron chi connectivity index (χ4n) is 4.61. The van der Waals surface area contributed by atoms with Crippen molar-refractivity contribution in [3.8, 4) is 0 Å². The van der Waals surface area contributed by atoms with E-state index < -0.39 is 0 Å². The molecule has 6 aromatic rings. The van der Waals surface area contributed by atoms with Gasteiger partial charge in [-0.05, 0) is 62.4 Å². The van der Waals surface area contributed by atoms with Gasteiger partial charge in [-0.25, -0.2) is 9.97 Å². The number of nitrogens with one attached hydrogen (secondary N) is 2. The zero-order chi connectivity index (χ0) is 29.8. The SMILES string of the molecule is C=CCN(c1nc2ccccc2[nH]1)c1c(Cl)cccc1Cl.CC(C)N(c1nc2ccccc2[nH]1)c1c(Cl)cccc1Cl. The minimum absolute atomic E-state index is 0.156. The minimum atomic E-state index is 0.156. The van der Waals surface area contributed by atoms with E-state index in [1.165, 1.54) is 0 Å². The molecule has 0 atom stereocenters. The van der Waals surface area contributed by atoms with E-state index in [1.807, 2.05) is 94.7 Å². The molecule has 2 heterocycles. The second-order valence-corrected chi connectivity index (χ2v) is 11.3. The van der Waals surface area contributed by atoms with Crippen LogP contribution in [0.3, 0.4) is 0 Å². The van der Waals surface area contributed by atoms with Crippen LogP contribution in [0, 0.1) is 0 Å². The third kappa shape index (κ3) is 6.22. The summed E-state index contributed by atoms with van der Waals surface area (Å²) >= 11 is 25.3. The van der Waals surface area contributed by atoms with Gasteiger partial charge in [0.1, 0.15) is 0 Å². The van der Waals surface area contributed by atoms with Gasteiger partial charge in [-0.1, -0.05) is 88.9 Å². The number of para-hydroxylation sites is 6. The number of hydrogen-bond acceptors (Lipinski definition) is 4. The van der Waals surface area contributed by atoms with Crippen molar-refractivity contribution in [2.45, 2.75) is 19.9 Å². The molecular formula is C32H28Cl4N6. The van der Waals surface area contributed by atoms with Crippen LogP contribution in [0.25, 0.3) is 22.1 Å². The van der Waals surface area contributed by atoms with E-state index in [4.69, 9.17) is 46.4 Å². The Balaban J connectivity index is 0.000000168. The highest BCUT2D eigenvalue weighted by molar-refractivity contribution is 6.40. The van der Waals surface area contributed by atoms with Crippen molar-refractivity contribution >= 4 is 91.7 Å². The Bertz CT molecular complexity index is 1740. The van der Waals surface area contributed by atoms with Crippen molar-refractivity contribution in [1.29, 1.82) is 0 Å². The van der Waals surface area contributed by atoms with Crippen LogP contribution in [0.15, 0.2) is 97.6 Å². The van der Waals surface area contributed by atoms with Gasteiger partial charge < -0.3 is 19.8 Å². The lowest BCUT2D eigenvalue weighted by atomic mass is 10.2. The summed E-state index contributed by atoms with van der Waals surface area (Å²) in [6, 6.07) is 26.9. The van der Waals surface area contributed by atoms with Crippen molar-refractivity contribution < 1.29 is 0 Å². The number of fused-ring (bicyclic) bond motifs is 2. The number of anilines is 4. The van der Waals surface area contributed by atoms with Crippen LogP contribution < -0.4 is 9.80 Å². The first-order chi connectivity index (χ1) is 20.3. The maximum atomic E-state index is 6.35. The van der Waals surface area contributed by atoms with Gasteiger partial charge in [0, 0.05) is 12.6 Å². The zero-order valence-electron chi connectivity index (χ0n) is 23.0. The molecule has 0 bridgehead atoms. The molecule has 0 saturated carbocycles. The largest absolute Gasteiger partial charge is 0.324 e. The lowest BCUT2D eigenvalue weighted by molar-refractivity contribution is 0.770. The van der Waals surface area contributed by atoms with Gasteiger partial charge in [-0.2, -0.15) is 0 Å². The summed E-state index contributed by atoms with van der Waals surface area (Å²) < 4.78 is 0. The van der Waals surface area contributed by atoms with E-state index in [9.17, 15) is 0 Å². The molecule has 0 unspecified atom stereocenters. The van der Waals surface area contributed by atoms with E-state index in [0.29, 0.717) is 32.6 Å². The molecule has 2 N–H and O–H groups in total. The Morgan fingerprint density at radius 1 is 0.667 bits per heavy atom. The van der Waals surface area contributed by atoms with E-state index >= 15 is 0 Å². The molecule has 0 aliphatic carbocycles. The Labute approximate surface area is 264 Å². The molecule has 0 saturated heterocycles.